The number of aromatic nitrogens is 1. The van der Waals surface area contributed by atoms with Crippen molar-refractivity contribution in [2.75, 3.05) is 0 Å². The second-order valence-electron chi connectivity index (χ2n) is 4.04. The second-order valence-corrected chi connectivity index (χ2v) is 4.04. The van der Waals surface area contributed by atoms with Crippen LogP contribution in [-0.4, -0.2) is 4.98 Å². The third-order valence-electron chi connectivity index (χ3n) is 2.80. The Hall–Kier alpha value is -1.63. The number of aryl methyl sites for hydroxylation is 3. The fourth-order valence-electron chi connectivity index (χ4n) is 1.80. The van der Waals surface area contributed by atoms with Crippen LogP contribution in [0.3, 0.4) is 0 Å². The summed E-state index contributed by atoms with van der Waals surface area (Å²) in [7, 11) is 0. The predicted molar refractivity (Wildman–Crippen MR) is 67.5 cm³/mol. The summed E-state index contributed by atoms with van der Waals surface area (Å²) in [5.74, 6) is 0. The van der Waals surface area contributed by atoms with Gasteiger partial charge in [0.05, 0.1) is 0 Å². The summed E-state index contributed by atoms with van der Waals surface area (Å²) in [5.41, 5.74) is 4.05. The van der Waals surface area contributed by atoms with E-state index in [0.29, 0.717) is 0 Å². The molecule has 16 heavy (non-hydrogen) atoms. The molecule has 0 saturated heterocycles. The Labute approximate surface area is 97.2 Å². The first-order valence-electron chi connectivity index (χ1n) is 5.85. The van der Waals surface area contributed by atoms with Crippen LogP contribution in [0, 0.1) is 0 Å². The molecule has 0 spiro atoms. The van der Waals surface area contributed by atoms with Crippen LogP contribution in [0.2, 0.25) is 0 Å². The average molecular weight is 211 g/mol. The van der Waals surface area contributed by atoms with Gasteiger partial charge in [0.2, 0.25) is 0 Å². The van der Waals surface area contributed by atoms with Crippen LogP contribution in [0.1, 0.15) is 23.6 Å². The summed E-state index contributed by atoms with van der Waals surface area (Å²) in [4.78, 5) is 4.27. The fraction of sp³-hybridized carbons (Fsp3) is 0.267. The van der Waals surface area contributed by atoms with E-state index >= 15 is 0 Å². The van der Waals surface area contributed by atoms with Gasteiger partial charge in [-0.1, -0.05) is 43.3 Å². The van der Waals surface area contributed by atoms with Gasteiger partial charge in [-0.2, -0.15) is 0 Å². The quantitative estimate of drug-likeness (QED) is 0.755. The molecule has 1 aromatic heterocycles. The number of benzene rings is 1. The summed E-state index contributed by atoms with van der Waals surface area (Å²) in [6.45, 7) is 2.16. The zero-order valence-electron chi connectivity index (χ0n) is 9.69. The lowest BCUT2D eigenvalue weighted by molar-refractivity contribution is 0.939. The largest absolute Gasteiger partial charge is 0.264 e. The van der Waals surface area contributed by atoms with Crippen LogP contribution < -0.4 is 0 Å². The maximum atomic E-state index is 4.27. The lowest BCUT2D eigenvalue weighted by Gasteiger charge is -2.03. The zero-order chi connectivity index (χ0) is 11.2. The Morgan fingerprint density at radius 2 is 1.56 bits per heavy atom. The number of nitrogens with zero attached hydrogens (tertiary/aromatic N) is 1. The van der Waals surface area contributed by atoms with Gasteiger partial charge in [0, 0.05) is 12.4 Å². The van der Waals surface area contributed by atoms with E-state index in [1.54, 1.807) is 0 Å². The van der Waals surface area contributed by atoms with Crippen molar-refractivity contribution in [1.29, 1.82) is 0 Å². The Morgan fingerprint density at radius 1 is 0.875 bits per heavy atom. The maximum absolute atomic E-state index is 4.27. The average Bonchev–Trinajstić information content (AvgIpc) is 2.38. The summed E-state index contributed by atoms with van der Waals surface area (Å²) >= 11 is 0. The molecule has 0 unspecified atom stereocenters. The molecule has 0 amide bonds. The van der Waals surface area contributed by atoms with E-state index in [2.05, 4.69) is 48.3 Å². The molecule has 1 nitrogen and oxygen atoms in total. The first-order valence-corrected chi connectivity index (χ1v) is 5.85. The summed E-state index contributed by atoms with van der Waals surface area (Å²) in [5, 5.41) is 0. The number of rotatable bonds is 4. The molecule has 1 heterocycles. The predicted octanol–water partition coefficient (Wildman–Crippen LogP) is 3.43. The molecule has 0 radical (unpaired) electrons. The van der Waals surface area contributed by atoms with E-state index in [-0.39, 0.29) is 0 Å². The van der Waals surface area contributed by atoms with Crippen molar-refractivity contribution >= 4 is 0 Å². The molecule has 2 rings (SSSR count). The molecule has 0 aliphatic rings. The van der Waals surface area contributed by atoms with E-state index in [0.717, 1.165) is 19.3 Å². The normalized spacial score (nSPS) is 10.3. The standard InChI is InChI=1S/C15H17N/c1-2-13-10-15(12-16-11-13)9-8-14-6-4-3-5-7-14/h3-7,10-12H,2,8-9H2,1H3. The molecular formula is C15H17N. The molecule has 82 valence electrons. The number of hydrogen-bond acceptors (Lipinski definition) is 1. The Morgan fingerprint density at radius 3 is 2.31 bits per heavy atom. The van der Waals surface area contributed by atoms with Gasteiger partial charge in [0.1, 0.15) is 0 Å². The fourth-order valence-corrected chi connectivity index (χ4v) is 1.80. The summed E-state index contributed by atoms with van der Waals surface area (Å²) in [6.07, 6.45) is 7.15. The Balaban J connectivity index is 1.99. The zero-order valence-corrected chi connectivity index (χ0v) is 9.69. The van der Waals surface area contributed by atoms with Crippen molar-refractivity contribution in [2.45, 2.75) is 26.2 Å². The molecule has 1 heteroatoms. The van der Waals surface area contributed by atoms with Crippen LogP contribution >= 0.6 is 0 Å². The molecule has 1 aromatic carbocycles. The Bertz CT molecular complexity index is 434. The van der Waals surface area contributed by atoms with Gasteiger partial charge in [-0.3, -0.25) is 4.98 Å². The van der Waals surface area contributed by atoms with Crippen molar-refractivity contribution in [2.24, 2.45) is 0 Å². The molecule has 0 aliphatic heterocycles. The highest BCUT2D eigenvalue weighted by Gasteiger charge is 1.97. The third kappa shape index (κ3) is 2.93. The van der Waals surface area contributed by atoms with Crippen molar-refractivity contribution in [3.63, 3.8) is 0 Å². The first kappa shape index (κ1) is 10.9. The molecule has 0 saturated carbocycles. The topological polar surface area (TPSA) is 12.9 Å². The van der Waals surface area contributed by atoms with Crippen molar-refractivity contribution < 1.29 is 0 Å². The van der Waals surface area contributed by atoms with Gasteiger partial charge in [0.25, 0.3) is 0 Å². The van der Waals surface area contributed by atoms with Gasteiger partial charge in [-0.05, 0) is 36.0 Å². The van der Waals surface area contributed by atoms with Crippen LogP contribution in [0.5, 0.6) is 0 Å². The highest BCUT2D eigenvalue weighted by Crippen LogP contribution is 2.08. The van der Waals surface area contributed by atoms with Gasteiger partial charge in [0.15, 0.2) is 0 Å². The van der Waals surface area contributed by atoms with Crippen molar-refractivity contribution in [3.8, 4) is 0 Å². The van der Waals surface area contributed by atoms with Gasteiger partial charge in [-0.15, -0.1) is 0 Å². The van der Waals surface area contributed by atoms with E-state index in [1.165, 1.54) is 16.7 Å². The van der Waals surface area contributed by atoms with Crippen LogP contribution in [-0.2, 0) is 19.3 Å². The monoisotopic (exact) mass is 211 g/mol. The molecular weight excluding hydrogens is 194 g/mol. The van der Waals surface area contributed by atoms with Crippen molar-refractivity contribution in [3.05, 3.63) is 65.5 Å². The molecule has 2 aromatic rings. The summed E-state index contributed by atoms with van der Waals surface area (Å²) < 4.78 is 0. The SMILES string of the molecule is CCc1cncc(CCc2ccccc2)c1. The van der Waals surface area contributed by atoms with E-state index < -0.39 is 0 Å². The minimum absolute atomic E-state index is 1.06. The first-order chi connectivity index (χ1) is 7.88. The highest BCUT2D eigenvalue weighted by molar-refractivity contribution is 5.21. The van der Waals surface area contributed by atoms with Crippen LogP contribution in [0.15, 0.2) is 48.8 Å². The molecule has 0 fully saturated rings. The number of hydrogen-bond donors (Lipinski definition) is 0. The van der Waals surface area contributed by atoms with Crippen LogP contribution in [0.4, 0.5) is 0 Å². The minimum atomic E-state index is 1.06. The lowest BCUT2D eigenvalue weighted by Crippen LogP contribution is -1.93. The van der Waals surface area contributed by atoms with E-state index in [9.17, 15) is 0 Å². The van der Waals surface area contributed by atoms with Crippen LogP contribution in [0.25, 0.3) is 0 Å². The maximum Gasteiger partial charge on any atom is 0.0300 e. The minimum Gasteiger partial charge on any atom is -0.264 e. The molecule has 0 atom stereocenters. The molecule has 0 N–H and O–H groups in total. The molecule has 0 bridgehead atoms. The summed E-state index contributed by atoms with van der Waals surface area (Å²) in [6, 6.07) is 12.9. The number of pyridine rings is 1. The lowest BCUT2D eigenvalue weighted by atomic mass is 10.0. The van der Waals surface area contributed by atoms with E-state index in [1.807, 2.05) is 12.4 Å². The van der Waals surface area contributed by atoms with Crippen molar-refractivity contribution in [1.82, 2.24) is 4.98 Å². The highest BCUT2D eigenvalue weighted by atomic mass is 14.6. The smallest absolute Gasteiger partial charge is 0.0300 e. The second kappa shape index (κ2) is 5.45. The molecule has 0 aliphatic carbocycles. The third-order valence-corrected chi connectivity index (χ3v) is 2.80. The van der Waals surface area contributed by atoms with Gasteiger partial charge in [-0.25, -0.2) is 0 Å². The van der Waals surface area contributed by atoms with Gasteiger partial charge < -0.3 is 0 Å². The van der Waals surface area contributed by atoms with E-state index in [4.69, 9.17) is 0 Å². The van der Waals surface area contributed by atoms with Gasteiger partial charge >= 0.3 is 0 Å². The Kier molecular flexibility index (Phi) is 3.71.